The van der Waals surface area contributed by atoms with E-state index in [9.17, 15) is 9.90 Å². The number of carbonyl (C=O) groups excluding carboxylic acids is 1. The average molecular weight is 351 g/mol. The van der Waals surface area contributed by atoms with E-state index in [4.69, 9.17) is 14.2 Å². The third kappa shape index (κ3) is 3.37. The van der Waals surface area contributed by atoms with Crippen LogP contribution in [0.2, 0.25) is 0 Å². The SMILES string of the molecule is CC1=CCC[C@@]2(C)O[C@@H]2[C@H]2OC(=O)[C@@H](CN3CCOCC3)[C@@H]2C[C@H]1O. The van der Waals surface area contributed by atoms with Crippen molar-refractivity contribution in [2.45, 2.75) is 57.0 Å². The van der Waals surface area contributed by atoms with Crippen molar-refractivity contribution in [2.24, 2.45) is 11.8 Å². The standard InChI is InChI=1S/C19H29NO5/c1-12-4-3-5-19(2)17(25-19)16-13(10-15(12)21)14(18(22)24-16)11-20-6-8-23-9-7-20/h4,13-17,21H,3,5-11H2,1-2H3/t13-,14-,15+,16-,17+,19+/m0/s1. The van der Waals surface area contributed by atoms with E-state index in [1.54, 1.807) is 0 Å². The molecule has 0 amide bonds. The summed E-state index contributed by atoms with van der Waals surface area (Å²) in [6.07, 6.45) is 3.68. The first kappa shape index (κ1) is 17.5. The van der Waals surface area contributed by atoms with Crippen molar-refractivity contribution in [3.63, 3.8) is 0 Å². The van der Waals surface area contributed by atoms with Crippen molar-refractivity contribution < 1.29 is 24.1 Å². The summed E-state index contributed by atoms with van der Waals surface area (Å²) in [4.78, 5) is 14.9. The highest BCUT2D eigenvalue weighted by Gasteiger charge is 2.63. The summed E-state index contributed by atoms with van der Waals surface area (Å²) >= 11 is 0. The van der Waals surface area contributed by atoms with Gasteiger partial charge in [0.1, 0.15) is 12.2 Å². The number of aliphatic hydroxyl groups excluding tert-OH is 1. The molecule has 4 aliphatic rings. The van der Waals surface area contributed by atoms with Crippen LogP contribution in [0.1, 0.15) is 33.1 Å². The lowest BCUT2D eigenvalue weighted by Crippen LogP contribution is -2.43. The highest BCUT2D eigenvalue weighted by molar-refractivity contribution is 5.76. The van der Waals surface area contributed by atoms with Gasteiger partial charge in [-0.1, -0.05) is 6.08 Å². The highest BCUT2D eigenvalue weighted by Crippen LogP contribution is 2.50. The predicted molar refractivity (Wildman–Crippen MR) is 91.0 cm³/mol. The molecule has 0 bridgehead atoms. The second-order valence-electron chi connectivity index (χ2n) is 8.17. The smallest absolute Gasteiger partial charge is 0.311 e. The van der Waals surface area contributed by atoms with Crippen LogP contribution < -0.4 is 0 Å². The summed E-state index contributed by atoms with van der Waals surface area (Å²) in [5.74, 6) is -0.329. The number of hydrogen-bond acceptors (Lipinski definition) is 6. The Morgan fingerprint density at radius 2 is 2.12 bits per heavy atom. The lowest BCUT2D eigenvalue weighted by Gasteiger charge is -2.31. The maximum atomic E-state index is 12.6. The average Bonchev–Trinajstić information content (AvgIpc) is 3.17. The lowest BCUT2D eigenvalue weighted by atomic mass is 9.79. The van der Waals surface area contributed by atoms with Crippen molar-refractivity contribution >= 4 is 5.97 Å². The van der Waals surface area contributed by atoms with Crippen LogP contribution in [0.4, 0.5) is 0 Å². The Morgan fingerprint density at radius 1 is 1.36 bits per heavy atom. The minimum atomic E-state index is -0.516. The van der Waals surface area contributed by atoms with E-state index in [1.165, 1.54) is 0 Å². The molecule has 4 rings (SSSR count). The minimum Gasteiger partial charge on any atom is -0.459 e. The number of aliphatic hydroxyl groups is 1. The number of allylic oxidation sites excluding steroid dienone is 1. The molecule has 6 atom stereocenters. The molecule has 3 saturated heterocycles. The van der Waals surface area contributed by atoms with Crippen LogP contribution in [0.25, 0.3) is 0 Å². The molecule has 0 unspecified atom stereocenters. The molecular formula is C19H29NO5. The normalized spacial score (nSPS) is 45.2. The van der Waals surface area contributed by atoms with E-state index in [0.717, 1.165) is 31.5 Å². The van der Waals surface area contributed by atoms with E-state index < -0.39 is 6.10 Å². The maximum Gasteiger partial charge on any atom is 0.311 e. The first-order valence-electron chi connectivity index (χ1n) is 9.51. The van der Waals surface area contributed by atoms with Crippen LogP contribution >= 0.6 is 0 Å². The molecular weight excluding hydrogens is 322 g/mol. The zero-order valence-corrected chi connectivity index (χ0v) is 15.1. The number of esters is 1. The van der Waals surface area contributed by atoms with Gasteiger partial charge in [0, 0.05) is 25.6 Å². The van der Waals surface area contributed by atoms with Crippen LogP contribution in [0.5, 0.6) is 0 Å². The van der Waals surface area contributed by atoms with Crippen LogP contribution in [0.15, 0.2) is 11.6 Å². The Morgan fingerprint density at radius 3 is 2.88 bits per heavy atom. The fourth-order valence-corrected chi connectivity index (χ4v) is 4.61. The zero-order chi connectivity index (χ0) is 17.6. The first-order valence-corrected chi connectivity index (χ1v) is 9.51. The van der Waals surface area contributed by atoms with Crippen molar-refractivity contribution in [1.82, 2.24) is 4.90 Å². The van der Waals surface area contributed by atoms with Gasteiger partial charge in [-0.2, -0.15) is 0 Å². The molecule has 1 aliphatic carbocycles. The largest absolute Gasteiger partial charge is 0.459 e. The summed E-state index contributed by atoms with van der Waals surface area (Å²) in [6.45, 7) is 7.89. The topological polar surface area (TPSA) is 71.5 Å². The monoisotopic (exact) mass is 351 g/mol. The molecule has 6 nitrogen and oxygen atoms in total. The quantitative estimate of drug-likeness (QED) is 0.457. The summed E-state index contributed by atoms with van der Waals surface area (Å²) in [5.41, 5.74) is 0.793. The Bertz CT molecular complexity index is 558. The zero-order valence-electron chi connectivity index (χ0n) is 15.1. The first-order chi connectivity index (χ1) is 12.0. The van der Waals surface area contributed by atoms with Gasteiger partial charge in [0.05, 0.1) is 30.8 Å². The lowest BCUT2D eigenvalue weighted by molar-refractivity contribution is -0.145. The second-order valence-corrected chi connectivity index (χ2v) is 8.17. The molecule has 6 heteroatoms. The molecule has 3 aliphatic heterocycles. The second kappa shape index (κ2) is 6.65. The van der Waals surface area contributed by atoms with Gasteiger partial charge >= 0.3 is 5.97 Å². The number of rotatable bonds is 2. The fraction of sp³-hybridized carbons (Fsp3) is 0.842. The van der Waals surface area contributed by atoms with E-state index >= 15 is 0 Å². The minimum absolute atomic E-state index is 0.00128. The van der Waals surface area contributed by atoms with Crippen LogP contribution in [0.3, 0.4) is 0 Å². The van der Waals surface area contributed by atoms with E-state index in [1.807, 2.05) is 6.92 Å². The third-order valence-electron chi connectivity index (χ3n) is 6.42. The third-order valence-corrected chi connectivity index (χ3v) is 6.42. The Hall–Kier alpha value is -0.950. The highest BCUT2D eigenvalue weighted by atomic mass is 16.6. The molecule has 140 valence electrons. The van der Waals surface area contributed by atoms with Crippen molar-refractivity contribution in [3.8, 4) is 0 Å². The maximum absolute atomic E-state index is 12.6. The number of hydrogen-bond donors (Lipinski definition) is 1. The van der Waals surface area contributed by atoms with Crippen molar-refractivity contribution in [3.05, 3.63) is 11.6 Å². The Balaban J connectivity index is 1.55. The number of ether oxygens (including phenoxy) is 3. The van der Waals surface area contributed by atoms with Gasteiger partial charge in [-0.05, 0) is 38.7 Å². The fourth-order valence-electron chi connectivity index (χ4n) is 4.61. The molecule has 0 aromatic rings. The molecule has 25 heavy (non-hydrogen) atoms. The number of morpholine rings is 1. The number of nitrogens with zero attached hydrogens (tertiary/aromatic N) is 1. The number of fused-ring (bicyclic) bond motifs is 3. The number of carbonyl (C=O) groups is 1. The molecule has 0 aromatic carbocycles. The van der Waals surface area contributed by atoms with Gasteiger partial charge in [-0.15, -0.1) is 0 Å². The van der Waals surface area contributed by atoms with E-state index in [2.05, 4.69) is 17.9 Å². The predicted octanol–water partition coefficient (Wildman–Crippen LogP) is 1.12. The number of epoxide rings is 1. The summed E-state index contributed by atoms with van der Waals surface area (Å²) < 4.78 is 17.2. The Kier molecular flexibility index (Phi) is 4.65. The van der Waals surface area contributed by atoms with E-state index in [0.29, 0.717) is 26.2 Å². The molecule has 0 saturated carbocycles. The van der Waals surface area contributed by atoms with Crippen molar-refractivity contribution in [1.29, 1.82) is 0 Å². The summed E-state index contributed by atoms with van der Waals surface area (Å²) in [6, 6.07) is 0. The molecule has 0 aromatic heterocycles. The van der Waals surface area contributed by atoms with Crippen LogP contribution in [-0.2, 0) is 19.0 Å². The van der Waals surface area contributed by atoms with Gasteiger partial charge in [0.2, 0.25) is 0 Å². The summed E-state index contributed by atoms with van der Waals surface area (Å²) in [5, 5.41) is 10.6. The Labute approximate surface area is 149 Å². The van der Waals surface area contributed by atoms with Crippen molar-refractivity contribution in [2.75, 3.05) is 32.8 Å². The van der Waals surface area contributed by atoms with Crippen LogP contribution in [0, 0.1) is 11.8 Å². The van der Waals surface area contributed by atoms with Gasteiger partial charge in [0.25, 0.3) is 0 Å². The summed E-state index contributed by atoms with van der Waals surface area (Å²) in [7, 11) is 0. The molecule has 3 fully saturated rings. The van der Waals surface area contributed by atoms with Gasteiger partial charge in [-0.3, -0.25) is 9.69 Å². The van der Waals surface area contributed by atoms with Crippen LogP contribution in [-0.4, -0.2) is 72.7 Å². The van der Waals surface area contributed by atoms with E-state index in [-0.39, 0.29) is 35.6 Å². The molecule has 3 heterocycles. The molecule has 0 spiro atoms. The van der Waals surface area contributed by atoms with Gasteiger partial charge in [0.15, 0.2) is 0 Å². The molecule has 0 radical (unpaired) electrons. The van der Waals surface area contributed by atoms with Gasteiger partial charge < -0.3 is 19.3 Å². The van der Waals surface area contributed by atoms with Gasteiger partial charge in [-0.25, -0.2) is 0 Å². The molecule has 1 N–H and O–H groups in total.